The second-order valence-electron chi connectivity index (χ2n) is 8.01. The Hall–Kier alpha value is -1.84. The number of amides is 1. The van der Waals surface area contributed by atoms with Gasteiger partial charge in [0.05, 0.1) is 18.1 Å². The van der Waals surface area contributed by atoms with E-state index in [0.717, 1.165) is 38.8 Å². The molecule has 0 bridgehead atoms. The van der Waals surface area contributed by atoms with Gasteiger partial charge in [0.25, 0.3) is 0 Å². The van der Waals surface area contributed by atoms with Crippen LogP contribution in [0.4, 0.5) is 0 Å². The van der Waals surface area contributed by atoms with Crippen molar-refractivity contribution in [2.24, 2.45) is 5.73 Å². The molecule has 29 heavy (non-hydrogen) atoms. The molecular weight excluding hydrogens is 394 g/mol. The zero-order valence-electron chi connectivity index (χ0n) is 16.6. The average Bonchev–Trinajstić information content (AvgIpc) is 2.99. The van der Waals surface area contributed by atoms with Gasteiger partial charge in [0.1, 0.15) is 5.54 Å². The molecule has 3 aliphatic rings. The minimum Gasteiger partial charge on any atom is -0.490 e. The molecule has 3 aliphatic heterocycles. The molecule has 1 aromatic rings. The zero-order chi connectivity index (χ0) is 20.5. The molecule has 1 amide bonds. The Morgan fingerprint density at radius 3 is 2.24 bits per heavy atom. The van der Waals surface area contributed by atoms with Crippen LogP contribution in [0.1, 0.15) is 38.5 Å². The second kappa shape index (κ2) is 8.12. The van der Waals surface area contributed by atoms with Gasteiger partial charge in [-0.2, -0.15) is 4.31 Å². The van der Waals surface area contributed by atoms with Crippen LogP contribution in [0, 0.1) is 0 Å². The number of sulfonamides is 1. The van der Waals surface area contributed by atoms with Crippen molar-refractivity contribution in [1.29, 1.82) is 0 Å². The highest BCUT2D eigenvalue weighted by atomic mass is 32.2. The Morgan fingerprint density at radius 1 is 0.931 bits per heavy atom. The van der Waals surface area contributed by atoms with E-state index in [9.17, 15) is 13.2 Å². The topological polar surface area (TPSA) is 102 Å². The molecule has 160 valence electrons. The van der Waals surface area contributed by atoms with Gasteiger partial charge >= 0.3 is 0 Å². The lowest BCUT2D eigenvalue weighted by Crippen LogP contribution is -2.63. The maximum absolute atomic E-state index is 13.2. The predicted octanol–water partition coefficient (Wildman–Crippen LogP) is 1.34. The zero-order valence-corrected chi connectivity index (χ0v) is 17.5. The molecule has 0 radical (unpaired) electrons. The van der Waals surface area contributed by atoms with E-state index >= 15 is 0 Å². The largest absolute Gasteiger partial charge is 0.490 e. The highest BCUT2D eigenvalue weighted by Crippen LogP contribution is 2.36. The lowest BCUT2D eigenvalue weighted by Gasteiger charge is -2.47. The first kappa shape index (κ1) is 20.4. The molecule has 0 atom stereocenters. The van der Waals surface area contributed by atoms with E-state index in [1.807, 2.05) is 0 Å². The van der Waals surface area contributed by atoms with Crippen LogP contribution in [0.5, 0.6) is 11.5 Å². The quantitative estimate of drug-likeness (QED) is 0.784. The fourth-order valence-corrected chi connectivity index (χ4v) is 6.05. The van der Waals surface area contributed by atoms with Gasteiger partial charge in [-0.3, -0.25) is 9.69 Å². The van der Waals surface area contributed by atoms with E-state index in [2.05, 4.69) is 4.90 Å². The molecular formula is C20H29N3O5S. The third-order valence-electron chi connectivity index (χ3n) is 6.33. The van der Waals surface area contributed by atoms with Crippen LogP contribution in [-0.4, -0.2) is 68.5 Å². The van der Waals surface area contributed by atoms with Crippen LogP contribution in [0.3, 0.4) is 0 Å². The maximum atomic E-state index is 13.2. The first-order valence-corrected chi connectivity index (χ1v) is 11.8. The molecule has 0 aliphatic carbocycles. The smallest absolute Gasteiger partial charge is 0.243 e. The van der Waals surface area contributed by atoms with Crippen molar-refractivity contribution < 1.29 is 22.7 Å². The van der Waals surface area contributed by atoms with E-state index in [-0.39, 0.29) is 23.9 Å². The van der Waals surface area contributed by atoms with Gasteiger partial charge in [0.15, 0.2) is 11.5 Å². The Labute approximate surface area is 172 Å². The summed E-state index contributed by atoms with van der Waals surface area (Å²) in [6.45, 7) is 3.29. The summed E-state index contributed by atoms with van der Waals surface area (Å²) in [6, 6.07) is 4.75. The molecule has 2 N–H and O–H groups in total. The third kappa shape index (κ3) is 3.83. The van der Waals surface area contributed by atoms with Crippen molar-refractivity contribution in [3.05, 3.63) is 18.2 Å². The van der Waals surface area contributed by atoms with E-state index in [0.29, 0.717) is 37.6 Å². The van der Waals surface area contributed by atoms with Crippen molar-refractivity contribution in [2.45, 2.75) is 49.0 Å². The predicted molar refractivity (Wildman–Crippen MR) is 107 cm³/mol. The van der Waals surface area contributed by atoms with E-state index in [4.69, 9.17) is 15.2 Å². The summed E-state index contributed by atoms with van der Waals surface area (Å²) in [7, 11) is -3.69. The fourth-order valence-electron chi connectivity index (χ4n) is 4.59. The number of nitrogens with two attached hydrogens (primary N) is 1. The molecule has 0 saturated carbocycles. The molecule has 2 saturated heterocycles. The van der Waals surface area contributed by atoms with Gasteiger partial charge < -0.3 is 15.2 Å². The Kier molecular flexibility index (Phi) is 5.72. The number of carbonyl (C=O) groups excluding carboxylic acids is 1. The Balaban J connectivity index is 1.52. The summed E-state index contributed by atoms with van der Waals surface area (Å²) in [4.78, 5) is 14.7. The average molecular weight is 424 g/mol. The van der Waals surface area contributed by atoms with Gasteiger partial charge in [0.2, 0.25) is 15.9 Å². The number of likely N-dealkylation sites (tertiary alicyclic amines) is 1. The number of hydrogen-bond donors (Lipinski definition) is 1. The normalized spacial score (nSPS) is 23.3. The number of nitrogens with zero attached hydrogens (tertiary/aromatic N) is 2. The number of rotatable bonds is 4. The Bertz CT molecular complexity index is 859. The third-order valence-corrected chi connectivity index (χ3v) is 8.22. The summed E-state index contributed by atoms with van der Waals surface area (Å²) in [5.74, 6) is 0.686. The summed E-state index contributed by atoms with van der Waals surface area (Å²) in [6.07, 6.45) is 4.87. The fraction of sp³-hybridized carbons (Fsp3) is 0.650. The summed E-state index contributed by atoms with van der Waals surface area (Å²) < 4.78 is 39.1. The monoisotopic (exact) mass is 423 g/mol. The highest BCUT2D eigenvalue weighted by molar-refractivity contribution is 7.89. The Morgan fingerprint density at radius 2 is 1.59 bits per heavy atom. The van der Waals surface area contributed by atoms with Crippen LogP contribution in [-0.2, 0) is 14.8 Å². The molecule has 0 aromatic heterocycles. The number of primary amides is 1. The van der Waals surface area contributed by atoms with Crippen molar-refractivity contribution in [3.63, 3.8) is 0 Å². The van der Waals surface area contributed by atoms with Crippen molar-refractivity contribution in [3.8, 4) is 11.5 Å². The van der Waals surface area contributed by atoms with Crippen molar-refractivity contribution in [2.75, 3.05) is 39.4 Å². The standard InChI is InChI=1S/C20H29N3O5S/c21-19(24)20(22-9-2-1-3-10-22)7-11-23(12-8-20)29(25,26)16-5-6-17-18(15-16)28-14-4-13-27-17/h5-6,15H,1-4,7-14H2,(H2,21,24). The van der Waals surface area contributed by atoms with Crippen LogP contribution in [0.2, 0.25) is 0 Å². The highest BCUT2D eigenvalue weighted by Gasteiger charge is 2.47. The first-order chi connectivity index (χ1) is 13.9. The first-order valence-electron chi connectivity index (χ1n) is 10.4. The molecule has 4 rings (SSSR count). The summed E-state index contributed by atoms with van der Waals surface area (Å²) in [5.41, 5.74) is 5.07. The molecule has 2 fully saturated rings. The van der Waals surface area contributed by atoms with E-state index in [1.165, 1.54) is 10.4 Å². The lowest BCUT2D eigenvalue weighted by atomic mass is 9.84. The molecule has 1 aromatic carbocycles. The van der Waals surface area contributed by atoms with Gasteiger partial charge in [-0.05, 0) is 50.9 Å². The minimum atomic E-state index is -3.69. The van der Waals surface area contributed by atoms with Crippen molar-refractivity contribution >= 4 is 15.9 Å². The lowest BCUT2D eigenvalue weighted by molar-refractivity contribution is -0.134. The maximum Gasteiger partial charge on any atom is 0.243 e. The number of ether oxygens (including phenoxy) is 2. The summed E-state index contributed by atoms with van der Waals surface area (Å²) >= 11 is 0. The van der Waals surface area contributed by atoms with Gasteiger partial charge in [-0.15, -0.1) is 0 Å². The molecule has 0 unspecified atom stereocenters. The van der Waals surface area contributed by atoms with Crippen molar-refractivity contribution in [1.82, 2.24) is 9.21 Å². The second-order valence-corrected chi connectivity index (χ2v) is 9.94. The van der Waals surface area contributed by atoms with Crippen LogP contribution < -0.4 is 15.2 Å². The van der Waals surface area contributed by atoms with Crippen LogP contribution in [0.15, 0.2) is 23.1 Å². The van der Waals surface area contributed by atoms with Gasteiger partial charge in [-0.25, -0.2) is 8.42 Å². The van der Waals surface area contributed by atoms with Gasteiger partial charge in [0, 0.05) is 25.6 Å². The van der Waals surface area contributed by atoms with Crippen LogP contribution in [0.25, 0.3) is 0 Å². The van der Waals surface area contributed by atoms with Crippen LogP contribution >= 0.6 is 0 Å². The van der Waals surface area contributed by atoms with E-state index < -0.39 is 15.6 Å². The molecule has 3 heterocycles. The molecule has 8 nitrogen and oxygen atoms in total. The molecule has 9 heteroatoms. The van der Waals surface area contributed by atoms with Gasteiger partial charge in [-0.1, -0.05) is 6.42 Å². The number of hydrogen-bond acceptors (Lipinski definition) is 6. The number of piperidine rings is 2. The number of carbonyl (C=O) groups is 1. The molecule has 0 spiro atoms. The summed E-state index contributed by atoms with van der Waals surface area (Å²) in [5, 5.41) is 0. The SMILES string of the molecule is NC(=O)C1(N2CCCCC2)CCN(S(=O)(=O)c2ccc3c(c2)OCCCO3)CC1. The van der Waals surface area contributed by atoms with E-state index in [1.54, 1.807) is 12.1 Å². The minimum absolute atomic E-state index is 0.186. The number of benzene rings is 1. The number of fused-ring (bicyclic) bond motifs is 1.